The van der Waals surface area contributed by atoms with E-state index in [1.165, 1.54) is 5.56 Å². The number of carbonyl (C=O) groups is 1. The van der Waals surface area contributed by atoms with Crippen LogP contribution in [0.25, 0.3) is 10.9 Å². The van der Waals surface area contributed by atoms with Crippen LogP contribution in [0.3, 0.4) is 0 Å². The van der Waals surface area contributed by atoms with Crippen molar-refractivity contribution in [2.45, 2.75) is 38.6 Å². The highest BCUT2D eigenvalue weighted by atomic mass is 16.5. The molecule has 1 aliphatic heterocycles. The molecule has 1 atom stereocenters. The summed E-state index contributed by atoms with van der Waals surface area (Å²) < 4.78 is 18.4. The summed E-state index contributed by atoms with van der Waals surface area (Å²) in [6, 6.07) is 13.4. The van der Waals surface area contributed by atoms with Gasteiger partial charge in [-0.2, -0.15) is 5.10 Å². The van der Waals surface area contributed by atoms with E-state index < -0.39 is 6.04 Å². The fraction of sp³-hybridized carbons (Fsp3) is 0.357. The van der Waals surface area contributed by atoms with Crippen LogP contribution in [0.15, 0.2) is 54.9 Å². The number of esters is 1. The lowest BCUT2D eigenvalue weighted by Gasteiger charge is -2.19. The topological polar surface area (TPSA) is 100 Å². The predicted molar refractivity (Wildman–Crippen MR) is 140 cm³/mol. The molecule has 9 nitrogen and oxygen atoms in total. The average Bonchev–Trinajstić information content (AvgIpc) is 3.37. The first-order valence-corrected chi connectivity index (χ1v) is 12.6. The zero-order chi connectivity index (χ0) is 25.6. The highest BCUT2D eigenvalue weighted by molar-refractivity contribution is 5.85. The second kappa shape index (κ2) is 11.3. The molecule has 5 rings (SSSR count). The molecule has 0 fully saturated rings. The van der Waals surface area contributed by atoms with E-state index in [4.69, 9.17) is 19.2 Å². The summed E-state index contributed by atoms with van der Waals surface area (Å²) in [5.74, 6) is 1.94. The molecule has 0 saturated carbocycles. The molecular weight excluding hydrogens is 470 g/mol. The Hall–Kier alpha value is -4.14. The number of hydrogen-bond acceptors (Lipinski definition) is 8. The number of nitrogens with one attached hydrogen (secondary N) is 1. The molecule has 1 aromatic carbocycles. The van der Waals surface area contributed by atoms with Crippen LogP contribution in [0.4, 0.5) is 5.82 Å². The molecule has 0 amide bonds. The zero-order valence-electron chi connectivity index (χ0n) is 21.1. The van der Waals surface area contributed by atoms with E-state index in [0.717, 1.165) is 53.1 Å². The summed E-state index contributed by atoms with van der Waals surface area (Å²) in [5, 5.41) is 8.91. The molecule has 1 unspecified atom stereocenters. The van der Waals surface area contributed by atoms with Crippen molar-refractivity contribution < 1.29 is 19.0 Å². The van der Waals surface area contributed by atoms with Gasteiger partial charge in [0.05, 0.1) is 49.9 Å². The number of hydrogen-bond donors (Lipinski definition) is 1. The maximum Gasteiger partial charge on any atom is 0.308 e. The standard InChI is InChI=1S/C28H31N5O4/c1-3-36-27(34)16-24(20-10-12-26(35-2)30-17-20)33-23-7-4-8-25(22(23)18-31-33)37-15-13-21-11-9-19-6-5-14-29-28(19)32-21/h4,7-12,17-18,24H,3,5-6,13-16H2,1-2H3,(H,29,32). The molecule has 0 spiro atoms. The van der Waals surface area contributed by atoms with Crippen molar-refractivity contribution >= 4 is 22.7 Å². The quantitative estimate of drug-likeness (QED) is 0.320. The van der Waals surface area contributed by atoms with E-state index in [1.54, 1.807) is 32.5 Å². The highest BCUT2D eigenvalue weighted by Gasteiger charge is 2.23. The Morgan fingerprint density at radius 3 is 2.89 bits per heavy atom. The summed E-state index contributed by atoms with van der Waals surface area (Å²) in [6.07, 6.45) is 6.52. The van der Waals surface area contributed by atoms with Gasteiger partial charge in [0.25, 0.3) is 0 Å². The van der Waals surface area contributed by atoms with E-state index in [0.29, 0.717) is 25.5 Å². The van der Waals surface area contributed by atoms with Gasteiger partial charge in [-0.15, -0.1) is 0 Å². The number of benzene rings is 1. The van der Waals surface area contributed by atoms with Crippen molar-refractivity contribution in [3.63, 3.8) is 0 Å². The van der Waals surface area contributed by atoms with Gasteiger partial charge in [-0.05, 0) is 55.2 Å². The first kappa shape index (κ1) is 24.5. The Labute approximate surface area is 215 Å². The number of fused-ring (bicyclic) bond motifs is 2. The molecule has 37 heavy (non-hydrogen) atoms. The molecule has 192 valence electrons. The number of aromatic nitrogens is 4. The van der Waals surface area contributed by atoms with Gasteiger partial charge in [0, 0.05) is 30.9 Å². The van der Waals surface area contributed by atoms with Gasteiger partial charge in [0.1, 0.15) is 11.6 Å². The minimum Gasteiger partial charge on any atom is -0.492 e. The number of methoxy groups -OCH3 is 1. The van der Waals surface area contributed by atoms with Gasteiger partial charge in [-0.1, -0.05) is 12.1 Å². The van der Waals surface area contributed by atoms with E-state index in [-0.39, 0.29) is 12.4 Å². The van der Waals surface area contributed by atoms with E-state index in [2.05, 4.69) is 27.5 Å². The maximum absolute atomic E-state index is 12.5. The minimum atomic E-state index is -0.391. The van der Waals surface area contributed by atoms with Crippen LogP contribution in [0.1, 0.15) is 42.6 Å². The van der Waals surface area contributed by atoms with Gasteiger partial charge in [0.2, 0.25) is 5.88 Å². The van der Waals surface area contributed by atoms with Crippen LogP contribution in [-0.2, 0) is 22.4 Å². The predicted octanol–water partition coefficient (Wildman–Crippen LogP) is 4.36. The van der Waals surface area contributed by atoms with E-state index >= 15 is 0 Å². The molecule has 1 aliphatic rings. The van der Waals surface area contributed by atoms with Crippen LogP contribution in [0, 0.1) is 0 Å². The normalized spacial score (nSPS) is 13.5. The number of carbonyl (C=O) groups excluding carboxylic acids is 1. The van der Waals surface area contributed by atoms with Crippen LogP contribution in [0.5, 0.6) is 11.6 Å². The molecule has 0 saturated heterocycles. The molecule has 3 aromatic heterocycles. The van der Waals surface area contributed by atoms with Crippen LogP contribution in [-0.4, -0.2) is 52.6 Å². The largest absolute Gasteiger partial charge is 0.492 e. The molecular formula is C28H31N5O4. The molecule has 1 N–H and O–H groups in total. The lowest BCUT2D eigenvalue weighted by Crippen LogP contribution is -2.18. The van der Waals surface area contributed by atoms with Gasteiger partial charge in [-0.25, -0.2) is 9.97 Å². The number of ether oxygens (including phenoxy) is 3. The van der Waals surface area contributed by atoms with Crippen molar-refractivity contribution in [1.82, 2.24) is 19.7 Å². The lowest BCUT2D eigenvalue weighted by molar-refractivity contribution is -0.143. The summed E-state index contributed by atoms with van der Waals surface area (Å²) in [6.45, 7) is 3.57. The molecule has 0 aliphatic carbocycles. The lowest BCUT2D eigenvalue weighted by atomic mass is 10.1. The third kappa shape index (κ3) is 5.50. The highest BCUT2D eigenvalue weighted by Crippen LogP contribution is 2.31. The van der Waals surface area contributed by atoms with Gasteiger partial charge in [-0.3, -0.25) is 9.48 Å². The Balaban J connectivity index is 1.36. The molecule has 4 aromatic rings. The van der Waals surface area contributed by atoms with Crippen molar-refractivity contribution in [3.8, 4) is 11.6 Å². The van der Waals surface area contributed by atoms with Crippen LogP contribution >= 0.6 is 0 Å². The first-order valence-electron chi connectivity index (χ1n) is 12.6. The van der Waals surface area contributed by atoms with Gasteiger partial charge >= 0.3 is 5.97 Å². The third-order valence-electron chi connectivity index (χ3n) is 6.48. The fourth-order valence-corrected chi connectivity index (χ4v) is 4.62. The Morgan fingerprint density at radius 2 is 2.08 bits per heavy atom. The molecule has 0 radical (unpaired) electrons. The number of anilines is 1. The second-order valence-corrected chi connectivity index (χ2v) is 8.88. The zero-order valence-corrected chi connectivity index (χ0v) is 21.1. The first-order chi connectivity index (χ1) is 18.2. The monoisotopic (exact) mass is 501 g/mol. The van der Waals surface area contributed by atoms with E-state index in [9.17, 15) is 4.79 Å². The summed E-state index contributed by atoms with van der Waals surface area (Å²) >= 11 is 0. The number of nitrogens with zero attached hydrogens (tertiary/aromatic N) is 4. The molecule has 0 bridgehead atoms. The van der Waals surface area contributed by atoms with Crippen molar-refractivity contribution in [2.75, 3.05) is 32.2 Å². The van der Waals surface area contributed by atoms with Crippen LogP contribution < -0.4 is 14.8 Å². The van der Waals surface area contributed by atoms with Crippen molar-refractivity contribution in [1.29, 1.82) is 0 Å². The Morgan fingerprint density at radius 1 is 1.16 bits per heavy atom. The summed E-state index contributed by atoms with van der Waals surface area (Å²) in [5.41, 5.74) is 3.96. The average molecular weight is 502 g/mol. The molecule has 9 heteroatoms. The van der Waals surface area contributed by atoms with Gasteiger partial charge < -0.3 is 19.5 Å². The number of aryl methyl sites for hydroxylation is 1. The van der Waals surface area contributed by atoms with Crippen molar-refractivity contribution in [3.05, 3.63) is 71.7 Å². The van der Waals surface area contributed by atoms with Gasteiger partial charge in [0.15, 0.2) is 0 Å². The number of pyridine rings is 2. The van der Waals surface area contributed by atoms with Crippen molar-refractivity contribution in [2.24, 2.45) is 0 Å². The summed E-state index contributed by atoms with van der Waals surface area (Å²) in [7, 11) is 1.57. The fourth-order valence-electron chi connectivity index (χ4n) is 4.62. The molecule has 4 heterocycles. The maximum atomic E-state index is 12.5. The SMILES string of the molecule is CCOC(=O)CC(c1ccc(OC)nc1)n1ncc2c(OCCc3ccc4c(n3)NCCC4)cccc21. The summed E-state index contributed by atoms with van der Waals surface area (Å²) in [4.78, 5) is 21.6. The smallest absolute Gasteiger partial charge is 0.308 e. The second-order valence-electron chi connectivity index (χ2n) is 8.88. The Bertz CT molecular complexity index is 1370. The minimum absolute atomic E-state index is 0.127. The third-order valence-corrected chi connectivity index (χ3v) is 6.48. The van der Waals surface area contributed by atoms with E-state index in [1.807, 2.05) is 28.9 Å². The van der Waals surface area contributed by atoms with Crippen LogP contribution in [0.2, 0.25) is 0 Å². The Kier molecular flexibility index (Phi) is 7.49. The number of rotatable bonds is 10.